The first kappa shape index (κ1) is 11.9. The topological polar surface area (TPSA) is 38.0 Å². The molecule has 0 radical (unpaired) electrons. The number of aromatic nitrogens is 1. The summed E-state index contributed by atoms with van der Waals surface area (Å²) in [5.74, 6) is -0.380. The highest BCUT2D eigenvalue weighted by atomic mass is 35.5. The molecule has 0 aliphatic heterocycles. The van der Waals surface area contributed by atoms with Gasteiger partial charge in [-0.1, -0.05) is 11.6 Å². The first-order valence-electron chi connectivity index (χ1n) is 5.05. The minimum atomic E-state index is -0.380. The molecule has 88 valence electrons. The van der Waals surface area contributed by atoms with E-state index >= 15 is 0 Å². The molecule has 0 bridgehead atoms. The van der Waals surface area contributed by atoms with Gasteiger partial charge in [-0.25, -0.2) is 4.39 Å². The summed E-state index contributed by atoms with van der Waals surface area (Å²) < 4.78 is 19.9. The lowest BCUT2D eigenvalue weighted by molar-refractivity contribution is 0.188. The predicted octanol–water partition coefficient (Wildman–Crippen LogP) is 2.95. The Morgan fingerprint density at radius 2 is 2.29 bits per heavy atom. The molecule has 0 N–H and O–H groups in total. The highest BCUT2D eigenvalue weighted by molar-refractivity contribution is 6.32. The van der Waals surface area contributed by atoms with Gasteiger partial charge in [-0.05, 0) is 18.2 Å². The SMILES string of the molecule is COCCn1c(Cl)c(C#N)c2cc(F)ccc21. The number of halogens is 2. The Morgan fingerprint density at radius 3 is 2.94 bits per heavy atom. The fourth-order valence-corrected chi connectivity index (χ4v) is 2.12. The zero-order chi connectivity index (χ0) is 12.4. The smallest absolute Gasteiger partial charge is 0.128 e. The summed E-state index contributed by atoms with van der Waals surface area (Å²) in [4.78, 5) is 0. The van der Waals surface area contributed by atoms with Crippen LogP contribution >= 0.6 is 11.6 Å². The summed E-state index contributed by atoms with van der Waals surface area (Å²) in [5.41, 5.74) is 1.04. The molecule has 0 spiro atoms. The predicted molar refractivity (Wildman–Crippen MR) is 63.5 cm³/mol. The lowest BCUT2D eigenvalue weighted by Crippen LogP contribution is -2.03. The van der Waals surface area contributed by atoms with Gasteiger partial charge in [0.2, 0.25) is 0 Å². The number of benzene rings is 1. The van der Waals surface area contributed by atoms with E-state index < -0.39 is 0 Å². The van der Waals surface area contributed by atoms with E-state index in [1.54, 1.807) is 17.7 Å². The van der Waals surface area contributed by atoms with E-state index in [2.05, 4.69) is 0 Å². The Kier molecular flexibility index (Phi) is 3.32. The van der Waals surface area contributed by atoms with Crippen molar-refractivity contribution in [1.29, 1.82) is 5.26 Å². The number of ether oxygens (including phenoxy) is 1. The second-order valence-electron chi connectivity index (χ2n) is 3.58. The quantitative estimate of drug-likeness (QED) is 0.842. The van der Waals surface area contributed by atoms with Gasteiger partial charge in [-0.15, -0.1) is 0 Å². The minimum Gasteiger partial charge on any atom is -0.383 e. The average Bonchev–Trinajstić information content (AvgIpc) is 2.57. The van der Waals surface area contributed by atoms with Crippen LogP contribution in [0.25, 0.3) is 10.9 Å². The van der Waals surface area contributed by atoms with Crippen LogP contribution in [-0.2, 0) is 11.3 Å². The fourth-order valence-electron chi connectivity index (χ4n) is 1.80. The van der Waals surface area contributed by atoms with Crippen molar-refractivity contribution in [2.45, 2.75) is 6.54 Å². The van der Waals surface area contributed by atoms with Crippen molar-refractivity contribution >= 4 is 22.5 Å². The molecule has 0 atom stereocenters. The van der Waals surface area contributed by atoms with E-state index in [1.807, 2.05) is 6.07 Å². The van der Waals surface area contributed by atoms with E-state index in [0.717, 1.165) is 5.52 Å². The van der Waals surface area contributed by atoms with Crippen LogP contribution in [-0.4, -0.2) is 18.3 Å². The Labute approximate surface area is 103 Å². The molecule has 0 amide bonds. The zero-order valence-corrected chi connectivity index (χ0v) is 9.96. The van der Waals surface area contributed by atoms with Gasteiger partial charge in [0, 0.05) is 19.0 Å². The molecule has 1 aromatic heterocycles. The summed E-state index contributed by atoms with van der Waals surface area (Å²) in [5, 5.41) is 9.90. The van der Waals surface area contributed by atoms with Gasteiger partial charge in [0.15, 0.2) is 0 Å². The van der Waals surface area contributed by atoms with Crippen LogP contribution in [0.4, 0.5) is 4.39 Å². The summed E-state index contributed by atoms with van der Waals surface area (Å²) in [6.45, 7) is 1.00. The third-order valence-corrected chi connectivity index (χ3v) is 2.99. The molecule has 3 nitrogen and oxygen atoms in total. The van der Waals surface area contributed by atoms with Gasteiger partial charge in [0.1, 0.15) is 17.0 Å². The third-order valence-electron chi connectivity index (χ3n) is 2.59. The van der Waals surface area contributed by atoms with Crippen molar-refractivity contribution in [3.63, 3.8) is 0 Å². The fraction of sp³-hybridized carbons (Fsp3) is 0.250. The van der Waals surface area contributed by atoms with Crippen molar-refractivity contribution in [3.8, 4) is 6.07 Å². The first-order chi connectivity index (χ1) is 8.19. The molecule has 0 fully saturated rings. The van der Waals surface area contributed by atoms with Gasteiger partial charge >= 0.3 is 0 Å². The molecule has 2 rings (SSSR count). The Bertz CT molecular complexity index is 601. The first-order valence-corrected chi connectivity index (χ1v) is 5.43. The van der Waals surface area contributed by atoms with Crippen LogP contribution in [0.5, 0.6) is 0 Å². The second kappa shape index (κ2) is 4.74. The number of methoxy groups -OCH3 is 1. The number of hydrogen-bond acceptors (Lipinski definition) is 2. The minimum absolute atomic E-state index is 0.303. The van der Waals surface area contributed by atoms with Crippen LogP contribution in [0.2, 0.25) is 5.15 Å². The molecule has 0 aliphatic rings. The summed E-state index contributed by atoms with van der Waals surface area (Å²) in [6, 6.07) is 6.29. The van der Waals surface area contributed by atoms with Crippen molar-refractivity contribution < 1.29 is 9.13 Å². The van der Waals surface area contributed by atoms with Crippen LogP contribution < -0.4 is 0 Å². The van der Waals surface area contributed by atoms with Crippen molar-refractivity contribution in [2.75, 3.05) is 13.7 Å². The maximum Gasteiger partial charge on any atom is 0.128 e. The number of hydrogen-bond donors (Lipinski definition) is 0. The lowest BCUT2D eigenvalue weighted by atomic mass is 10.2. The summed E-state index contributed by atoms with van der Waals surface area (Å²) in [6.07, 6.45) is 0. The van der Waals surface area contributed by atoms with Gasteiger partial charge in [0.25, 0.3) is 0 Å². The maximum atomic E-state index is 13.2. The van der Waals surface area contributed by atoms with Crippen LogP contribution in [0.3, 0.4) is 0 Å². The molecule has 5 heteroatoms. The van der Waals surface area contributed by atoms with E-state index in [1.165, 1.54) is 12.1 Å². The Morgan fingerprint density at radius 1 is 1.53 bits per heavy atom. The van der Waals surface area contributed by atoms with E-state index in [9.17, 15) is 4.39 Å². The molecule has 17 heavy (non-hydrogen) atoms. The molecule has 1 heterocycles. The monoisotopic (exact) mass is 252 g/mol. The van der Waals surface area contributed by atoms with Gasteiger partial charge in [-0.2, -0.15) is 5.26 Å². The molecule has 0 unspecified atom stereocenters. The van der Waals surface area contributed by atoms with Gasteiger partial charge in [0.05, 0.1) is 17.7 Å². The second-order valence-corrected chi connectivity index (χ2v) is 3.94. The summed E-state index contributed by atoms with van der Waals surface area (Å²) >= 11 is 6.10. The molecule has 0 saturated heterocycles. The van der Waals surface area contributed by atoms with Crippen LogP contribution in [0.1, 0.15) is 5.56 Å². The zero-order valence-electron chi connectivity index (χ0n) is 9.20. The number of nitriles is 1. The number of rotatable bonds is 3. The van der Waals surface area contributed by atoms with Crippen LogP contribution in [0, 0.1) is 17.1 Å². The molecule has 0 saturated carbocycles. The Hall–Kier alpha value is -1.57. The third kappa shape index (κ3) is 1.99. The van der Waals surface area contributed by atoms with Crippen molar-refractivity contribution in [3.05, 3.63) is 34.7 Å². The summed E-state index contributed by atoms with van der Waals surface area (Å²) in [7, 11) is 1.59. The molecule has 1 aromatic carbocycles. The van der Waals surface area contributed by atoms with E-state index in [0.29, 0.717) is 29.3 Å². The largest absolute Gasteiger partial charge is 0.383 e. The average molecular weight is 253 g/mol. The van der Waals surface area contributed by atoms with Gasteiger partial charge in [-0.3, -0.25) is 0 Å². The maximum absolute atomic E-state index is 13.2. The van der Waals surface area contributed by atoms with Crippen molar-refractivity contribution in [2.24, 2.45) is 0 Å². The standard InChI is InChI=1S/C12H10ClFN2O/c1-17-5-4-16-11-3-2-8(14)6-9(11)10(7-15)12(16)13/h2-3,6H,4-5H2,1H3. The lowest BCUT2D eigenvalue weighted by Gasteiger charge is -2.05. The highest BCUT2D eigenvalue weighted by Crippen LogP contribution is 2.29. The molecule has 0 aliphatic carbocycles. The van der Waals surface area contributed by atoms with Crippen LogP contribution in [0.15, 0.2) is 18.2 Å². The molecule has 2 aromatic rings. The van der Waals surface area contributed by atoms with Gasteiger partial charge < -0.3 is 9.30 Å². The van der Waals surface area contributed by atoms with E-state index in [4.69, 9.17) is 21.6 Å². The van der Waals surface area contributed by atoms with E-state index in [-0.39, 0.29) is 5.82 Å². The molecular formula is C12H10ClFN2O. The van der Waals surface area contributed by atoms with Crippen molar-refractivity contribution in [1.82, 2.24) is 4.57 Å². The molecular weight excluding hydrogens is 243 g/mol. The normalized spacial score (nSPS) is 10.7. The Balaban J connectivity index is 2.67. The highest BCUT2D eigenvalue weighted by Gasteiger charge is 2.15. The number of fused-ring (bicyclic) bond motifs is 1. The number of nitrogens with zero attached hydrogens (tertiary/aromatic N) is 2.